The van der Waals surface area contributed by atoms with Gasteiger partial charge < -0.3 is 4.74 Å². The maximum Gasteiger partial charge on any atom is 0.235 e. The summed E-state index contributed by atoms with van der Waals surface area (Å²) < 4.78 is 5.52. The molecule has 1 aliphatic carbocycles. The summed E-state index contributed by atoms with van der Waals surface area (Å²) in [5.74, 6) is 3.96. The second-order valence-electron chi connectivity index (χ2n) is 5.93. The molecule has 1 aromatic rings. The molecular weight excluding hydrogens is 282 g/mol. The molecule has 0 amide bonds. The molecule has 112 valence electrons. The molecule has 3 nitrogen and oxygen atoms in total. The fraction of sp³-hybridized carbons (Fsp3) is 0.588. The molecule has 0 spiro atoms. The molecule has 3 rings (SSSR count). The molecule has 0 bridgehead atoms. The molecule has 0 unspecified atom stereocenters. The molecule has 1 aromatic carbocycles. The zero-order valence-electron chi connectivity index (χ0n) is 12.4. The SMILES string of the molecule is COc1ccc(C2CCSCC2)cc1C1(N=C=O)CCC1. The average molecular weight is 303 g/mol. The van der Waals surface area contributed by atoms with E-state index in [4.69, 9.17) is 4.74 Å². The lowest BCUT2D eigenvalue weighted by Crippen LogP contribution is -2.32. The van der Waals surface area contributed by atoms with Gasteiger partial charge in [-0.1, -0.05) is 6.07 Å². The monoisotopic (exact) mass is 303 g/mol. The zero-order chi connectivity index (χ0) is 14.7. The third-order valence-corrected chi connectivity index (χ3v) is 5.91. The molecule has 0 N–H and O–H groups in total. The highest BCUT2D eigenvalue weighted by molar-refractivity contribution is 7.99. The van der Waals surface area contributed by atoms with E-state index < -0.39 is 0 Å². The molecule has 21 heavy (non-hydrogen) atoms. The molecule has 2 fully saturated rings. The first kappa shape index (κ1) is 14.7. The number of aliphatic imine (C=N–C) groups is 1. The molecular formula is C17H21NO2S. The number of thioether (sulfide) groups is 1. The molecule has 0 radical (unpaired) electrons. The normalized spacial score (nSPS) is 21.2. The topological polar surface area (TPSA) is 38.7 Å². The number of ether oxygens (including phenoxy) is 1. The summed E-state index contributed by atoms with van der Waals surface area (Å²) in [6.45, 7) is 0. The minimum absolute atomic E-state index is 0.382. The number of carbonyl (C=O) groups excluding carboxylic acids is 1. The standard InChI is InChI=1S/C17H21NO2S/c1-20-16-4-3-14(13-5-9-21-10-6-13)11-15(16)17(18-12-19)7-2-8-17/h3-4,11,13H,2,5-10H2,1H3. The van der Waals surface area contributed by atoms with Crippen molar-refractivity contribution in [2.24, 2.45) is 4.99 Å². The van der Waals surface area contributed by atoms with Gasteiger partial charge in [0.2, 0.25) is 6.08 Å². The van der Waals surface area contributed by atoms with Crippen LogP contribution in [0.25, 0.3) is 0 Å². The minimum atomic E-state index is -0.382. The summed E-state index contributed by atoms with van der Waals surface area (Å²) >= 11 is 2.04. The van der Waals surface area contributed by atoms with Crippen LogP contribution in [-0.4, -0.2) is 24.7 Å². The molecule has 1 heterocycles. The Labute approximate surface area is 130 Å². The minimum Gasteiger partial charge on any atom is -0.496 e. The van der Waals surface area contributed by atoms with E-state index in [1.54, 1.807) is 13.2 Å². The summed E-state index contributed by atoms with van der Waals surface area (Å²) in [5, 5.41) is 0. The Morgan fingerprint density at radius 2 is 2.10 bits per heavy atom. The van der Waals surface area contributed by atoms with Crippen LogP contribution < -0.4 is 4.74 Å². The lowest BCUT2D eigenvalue weighted by molar-refractivity contribution is 0.246. The summed E-state index contributed by atoms with van der Waals surface area (Å²) in [4.78, 5) is 15.0. The predicted octanol–water partition coefficient (Wildman–Crippen LogP) is 4.02. The molecule has 2 aliphatic rings. The Balaban J connectivity index is 1.99. The molecule has 1 saturated heterocycles. The van der Waals surface area contributed by atoms with Crippen molar-refractivity contribution in [3.05, 3.63) is 29.3 Å². The Kier molecular flexibility index (Phi) is 4.37. The van der Waals surface area contributed by atoms with Gasteiger partial charge >= 0.3 is 0 Å². The van der Waals surface area contributed by atoms with Gasteiger partial charge in [0.05, 0.1) is 7.11 Å². The Bertz CT molecular complexity index is 556. The number of methoxy groups -OCH3 is 1. The van der Waals surface area contributed by atoms with Crippen molar-refractivity contribution in [2.45, 2.75) is 43.6 Å². The number of nitrogens with zero attached hydrogens (tertiary/aromatic N) is 1. The highest BCUT2D eigenvalue weighted by Crippen LogP contribution is 2.49. The van der Waals surface area contributed by atoms with Gasteiger partial charge in [0.1, 0.15) is 11.3 Å². The second-order valence-corrected chi connectivity index (χ2v) is 7.16. The Morgan fingerprint density at radius 3 is 2.67 bits per heavy atom. The highest BCUT2D eigenvalue weighted by atomic mass is 32.2. The third-order valence-electron chi connectivity index (χ3n) is 4.86. The fourth-order valence-corrected chi connectivity index (χ4v) is 4.52. The fourth-order valence-electron chi connectivity index (χ4n) is 3.41. The lowest BCUT2D eigenvalue weighted by atomic mass is 9.71. The van der Waals surface area contributed by atoms with E-state index in [0.717, 1.165) is 30.6 Å². The van der Waals surface area contributed by atoms with Crippen LogP contribution in [0.1, 0.15) is 49.1 Å². The van der Waals surface area contributed by atoms with Crippen molar-refractivity contribution >= 4 is 17.8 Å². The van der Waals surface area contributed by atoms with Crippen LogP contribution in [-0.2, 0) is 10.3 Å². The van der Waals surface area contributed by atoms with Gasteiger partial charge in [-0.15, -0.1) is 0 Å². The molecule has 1 saturated carbocycles. The van der Waals surface area contributed by atoms with Crippen LogP contribution in [0.15, 0.2) is 23.2 Å². The highest BCUT2D eigenvalue weighted by Gasteiger charge is 2.41. The van der Waals surface area contributed by atoms with Crippen LogP contribution >= 0.6 is 11.8 Å². The first-order valence-electron chi connectivity index (χ1n) is 7.64. The van der Waals surface area contributed by atoms with Crippen LogP contribution in [0.2, 0.25) is 0 Å². The first-order valence-corrected chi connectivity index (χ1v) is 8.80. The van der Waals surface area contributed by atoms with Crippen molar-refractivity contribution in [1.82, 2.24) is 0 Å². The first-order chi connectivity index (χ1) is 10.3. The van der Waals surface area contributed by atoms with E-state index in [0.29, 0.717) is 5.92 Å². The van der Waals surface area contributed by atoms with E-state index in [2.05, 4.69) is 17.1 Å². The summed E-state index contributed by atoms with van der Waals surface area (Å²) in [6, 6.07) is 6.46. The smallest absolute Gasteiger partial charge is 0.235 e. The van der Waals surface area contributed by atoms with Gasteiger partial charge in [-0.2, -0.15) is 16.8 Å². The van der Waals surface area contributed by atoms with E-state index >= 15 is 0 Å². The van der Waals surface area contributed by atoms with Crippen LogP contribution in [0, 0.1) is 0 Å². The molecule has 0 aromatic heterocycles. The van der Waals surface area contributed by atoms with Crippen molar-refractivity contribution in [2.75, 3.05) is 18.6 Å². The van der Waals surface area contributed by atoms with Crippen molar-refractivity contribution in [3.8, 4) is 5.75 Å². The van der Waals surface area contributed by atoms with Crippen LogP contribution in [0.5, 0.6) is 5.75 Å². The number of hydrogen-bond acceptors (Lipinski definition) is 4. The predicted molar refractivity (Wildman–Crippen MR) is 85.9 cm³/mol. The van der Waals surface area contributed by atoms with Crippen molar-refractivity contribution in [3.63, 3.8) is 0 Å². The third kappa shape index (κ3) is 2.75. The number of isocyanates is 1. The molecule has 1 aliphatic heterocycles. The largest absolute Gasteiger partial charge is 0.496 e. The van der Waals surface area contributed by atoms with Gasteiger partial charge in [0.25, 0.3) is 0 Å². The Hall–Kier alpha value is -1.25. The maximum absolute atomic E-state index is 10.8. The summed E-state index contributed by atoms with van der Waals surface area (Å²) in [6.07, 6.45) is 7.20. The van der Waals surface area contributed by atoms with Gasteiger partial charge in [-0.3, -0.25) is 0 Å². The van der Waals surface area contributed by atoms with Gasteiger partial charge in [0.15, 0.2) is 0 Å². The number of hydrogen-bond donors (Lipinski definition) is 0. The Morgan fingerprint density at radius 1 is 1.33 bits per heavy atom. The second kappa shape index (κ2) is 6.25. The van der Waals surface area contributed by atoms with E-state index in [1.165, 1.54) is 29.9 Å². The average Bonchev–Trinajstić information content (AvgIpc) is 2.51. The van der Waals surface area contributed by atoms with Crippen LogP contribution in [0.3, 0.4) is 0 Å². The zero-order valence-corrected chi connectivity index (χ0v) is 13.2. The summed E-state index contributed by atoms with van der Waals surface area (Å²) in [7, 11) is 1.69. The molecule has 4 heteroatoms. The van der Waals surface area contributed by atoms with Crippen LogP contribution in [0.4, 0.5) is 0 Å². The number of rotatable bonds is 4. The molecule has 0 atom stereocenters. The maximum atomic E-state index is 10.8. The lowest BCUT2D eigenvalue weighted by Gasteiger charge is -2.38. The van der Waals surface area contributed by atoms with E-state index in [9.17, 15) is 4.79 Å². The summed E-state index contributed by atoms with van der Waals surface area (Å²) in [5.41, 5.74) is 2.07. The quantitative estimate of drug-likeness (QED) is 0.623. The van der Waals surface area contributed by atoms with Gasteiger partial charge in [-0.25, -0.2) is 4.79 Å². The van der Waals surface area contributed by atoms with Crippen molar-refractivity contribution < 1.29 is 9.53 Å². The van der Waals surface area contributed by atoms with E-state index in [-0.39, 0.29) is 5.54 Å². The van der Waals surface area contributed by atoms with E-state index in [1.807, 2.05) is 17.8 Å². The number of benzene rings is 1. The van der Waals surface area contributed by atoms with Crippen molar-refractivity contribution in [1.29, 1.82) is 0 Å². The van der Waals surface area contributed by atoms with Gasteiger partial charge in [0, 0.05) is 5.56 Å². The van der Waals surface area contributed by atoms with Gasteiger partial charge in [-0.05, 0) is 67.2 Å².